The van der Waals surface area contributed by atoms with Crippen molar-refractivity contribution in [3.05, 3.63) is 18.0 Å². The maximum Gasteiger partial charge on any atom is 0.431 e. The largest absolute Gasteiger partial charge is 0.431 e. The lowest BCUT2D eigenvalue weighted by molar-refractivity contribution is 0.122. The Labute approximate surface area is 186 Å². The maximum absolute atomic E-state index is 12.3. The van der Waals surface area contributed by atoms with E-state index in [4.69, 9.17) is 25.3 Å². The molecule has 4 heterocycles. The number of nitrogen functional groups attached to an aromatic ring is 1. The van der Waals surface area contributed by atoms with Crippen molar-refractivity contribution in [3.63, 3.8) is 0 Å². The van der Waals surface area contributed by atoms with Gasteiger partial charge >= 0.3 is 6.09 Å². The Kier molecular flexibility index (Phi) is 6.81. The second kappa shape index (κ2) is 9.92. The number of ether oxygens (including phenoxy) is 1. The summed E-state index contributed by atoms with van der Waals surface area (Å²) in [6.45, 7) is 4.50. The topological polar surface area (TPSA) is 135 Å². The Balaban J connectivity index is 1.57. The average molecular weight is 444 g/mol. The van der Waals surface area contributed by atoms with E-state index in [0.29, 0.717) is 63.3 Å². The lowest BCUT2D eigenvalue weighted by Crippen LogP contribution is -2.38. The van der Waals surface area contributed by atoms with Crippen LogP contribution in [-0.2, 0) is 16.0 Å². The zero-order valence-electron chi connectivity index (χ0n) is 18.5. The molecule has 3 N–H and O–H groups in total. The molecule has 2 aliphatic heterocycles. The fourth-order valence-corrected chi connectivity index (χ4v) is 3.63. The number of nitrogens with zero attached hydrogens (tertiary/aromatic N) is 7. The monoisotopic (exact) mass is 443 g/mol. The van der Waals surface area contributed by atoms with Crippen LogP contribution in [0.25, 0.3) is 11.3 Å². The van der Waals surface area contributed by atoms with E-state index in [1.165, 1.54) is 5.06 Å². The highest BCUT2D eigenvalue weighted by atomic mass is 16.7. The van der Waals surface area contributed by atoms with Crippen molar-refractivity contribution in [3.8, 4) is 11.3 Å². The molecule has 0 bridgehead atoms. The van der Waals surface area contributed by atoms with Crippen LogP contribution >= 0.6 is 0 Å². The summed E-state index contributed by atoms with van der Waals surface area (Å²) in [5.41, 5.74) is 8.00. The van der Waals surface area contributed by atoms with Gasteiger partial charge in [-0.15, -0.1) is 0 Å². The molecule has 0 aliphatic carbocycles. The van der Waals surface area contributed by atoms with Crippen molar-refractivity contribution in [1.29, 1.82) is 0 Å². The van der Waals surface area contributed by atoms with Crippen LogP contribution in [-0.4, -0.2) is 91.0 Å². The van der Waals surface area contributed by atoms with Crippen LogP contribution in [0.4, 0.5) is 22.5 Å². The number of morpholine rings is 1. The first-order valence-electron chi connectivity index (χ1n) is 10.7. The number of carbonyl (C=O) groups excluding carboxylic acids is 1. The zero-order valence-corrected chi connectivity index (χ0v) is 18.5. The number of rotatable bonds is 7. The van der Waals surface area contributed by atoms with E-state index in [-0.39, 0.29) is 5.95 Å². The van der Waals surface area contributed by atoms with Crippen LogP contribution in [0.5, 0.6) is 0 Å². The van der Waals surface area contributed by atoms with Crippen LogP contribution < -0.4 is 21.0 Å². The highest BCUT2D eigenvalue weighted by molar-refractivity contribution is 5.74. The molecule has 32 heavy (non-hydrogen) atoms. The first-order valence-corrected chi connectivity index (χ1v) is 10.7. The van der Waals surface area contributed by atoms with Crippen LogP contribution in [0.15, 0.2) is 12.4 Å². The molecule has 1 saturated heterocycles. The van der Waals surface area contributed by atoms with E-state index in [2.05, 4.69) is 25.1 Å². The number of fused-ring (bicyclic) bond motifs is 1. The van der Waals surface area contributed by atoms with E-state index < -0.39 is 6.09 Å². The molecule has 2 aliphatic rings. The number of hydrogen-bond donors (Lipinski definition) is 2. The number of aromatic nitrogens is 4. The van der Waals surface area contributed by atoms with Crippen molar-refractivity contribution in [2.75, 3.05) is 75.7 Å². The number of hydrogen-bond acceptors (Lipinski definition) is 11. The molecule has 12 nitrogen and oxygen atoms in total. The van der Waals surface area contributed by atoms with E-state index in [9.17, 15) is 4.79 Å². The minimum absolute atomic E-state index is 0.198. The van der Waals surface area contributed by atoms with Gasteiger partial charge in [-0.25, -0.2) is 19.7 Å². The molecule has 12 heteroatoms. The minimum atomic E-state index is -0.500. The Morgan fingerprint density at radius 2 is 1.97 bits per heavy atom. The molecule has 0 aromatic carbocycles. The van der Waals surface area contributed by atoms with Gasteiger partial charge in [-0.1, -0.05) is 0 Å². The number of nitrogens with two attached hydrogens (primary N) is 1. The van der Waals surface area contributed by atoms with Gasteiger partial charge in [0.1, 0.15) is 0 Å². The minimum Gasteiger partial charge on any atom is -0.378 e. The number of amides is 1. The normalized spacial score (nSPS) is 15.7. The Morgan fingerprint density at radius 3 is 2.69 bits per heavy atom. The molecule has 1 amide bonds. The summed E-state index contributed by atoms with van der Waals surface area (Å²) in [6.07, 6.45) is 4.26. The van der Waals surface area contributed by atoms with E-state index >= 15 is 0 Å². The summed E-state index contributed by atoms with van der Waals surface area (Å²) in [5, 5.41) is 4.32. The SMILES string of the molecule is CN(C)CCCNC(=O)ON1CCc2c(-c3cnc(N)nc3)nc(N3CCOCC3)nc21. The summed E-state index contributed by atoms with van der Waals surface area (Å²) < 4.78 is 5.45. The van der Waals surface area contributed by atoms with Gasteiger partial charge in [0, 0.05) is 43.2 Å². The van der Waals surface area contributed by atoms with Gasteiger partial charge in [-0.3, -0.25) is 0 Å². The first-order chi connectivity index (χ1) is 15.5. The lowest BCUT2D eigenvalue weighted by atomic mass is 10.1. The van der Waals surface area contributed by atoms with E-state index in [0.717, 1.165) is 24.1 Å². The number of carbonyl (C=O) groups is 1. The van der Waals surface area contributed by atoms with Crippen molar-refractivity contribution in [1.82, 2.24) is 30.2 Å². The Morgan fingerprint density at radius 1 is 1.22 bits per heavy atom. The predicted molar refractivity (Wildman–Crippen MR) is 119 cm³/mol. The number of nitrogens with one attached hydrogen (secondary N) is 1. The average Bonchev–Trinajstić information content (AvgIpc) is 3.20. The van der Waals surface area contributed by atoms with Gasteiger partial charge in [0.15, 0.2) is 5.82 Å². The van der Waals surface area contributed by atoms with Gasteiger partial charge in [-0.2, -0.15) is 10.0 Å². The summed E-state index contributed by atoms with van der Waals surface area (Å²) >= 11 is 0. The van der Waals surface area contributed by atoms with Crippen molar-refractivity contribution >= 4 is 23.8 Å². The molecule has 0 saturated carbocycles. The molecule has 0 atom stereocenters. The Bertz CT molecular complexity index is 933. The molecule has 2 aromatic rings. The smallest absolute Gasteiger partial charge is 0.378 e. The molecular weight excluding hydrogens is 414 g/mol. The summed E-state index contributed by atoms with van der Waals surface area (Å²) in [4.78, 5) is 39.8. The van der Waals surface area contributed by atoms with Crippen LogP contribution in [0.2, 0.25) is 0 Å². The third-order valence-electron chi connectivity index (χ3n) is 5.26. The quantitative estimate of drug-likeness (QED) is 0.572. The van der Waals surface area contributed by atoms with Crippen LogP contribution in [0, 0.1) is 0 Å². The Hall–Kier alpha value is -3.25. The standard InChI is InChI=1S/C20H29N9O3/c1-27(2)6-3-5-22-20(30)32-29-7-4-15-16(14-12-23-18(21)24-13-14)25-19(26-17(15)29)28-8-10-31-11-9-28/h12-13H,3-11H2,1-2H3,(H,22,30)(H2,21,23,24). The molecule has 2 aromatic heterocycles. The predicted octanol–water partition coefficient (Wildman–Crippen LogP) is 0.308. The zero-order chi connectivity index (χ0) is 22.5. The van der Waals surface area contributed by atoms with E-state index in [1.807, 2.05) is 14.1 Å². The molecule has 0 unspecified atom stereocenters. The molecular formula is C20H29N9O3. The fraction of sp³-hybridized carbons (Fsp3) is 0.550. The van der Waals surface area contributed by atoms with Crippen molar-refractivity contribution in [2.24, 2.45) is 0 Å². The van der Waals surface area contributed by atoms with Crippen molar-refractivity contribution in [2.45, 2.75) is 12.8 Å². The molecule has 172 valence electrons. The van der Waals surface area contributed by atoms with Gasteiger partial charge in [0.2, 0.25) is 11.9 Å². The van der Waals surface area contributed by atoms with Crippen LogP contribution in [0.3, 0.4) is 0 Å². The number of anilines is 3. The molecule has 1 fully saturated rings. The van der Waals surface area contributed by atoms with E-state index in [1.54, 1.807) is 12.4 Å². The summed E-state index contributed by atoms with van der Waals surface area (Å²) in [5.74, 6) is 1.33. The molecule has 4 rings (SSSR count). The highest BCUT2D eigenvalue weighted by Crippen LogP contribution is 2.35. The third-order valence-corrected chi connectivity index (χ3v) is 5.26. The fourth-order valence-electron chi connectivity index (χ4n) is 3.63. The van der Waals surface area contributed by atoms with Crippen LogP contribution in [0.1, 0.15) is 12.0 Å². The second-order valence-electron chi connectivity index (χ2n) is 7.92. The summed E-state index contributed by atoms with van der Waals surface area (Å²) in [6, 6.07) is 0. The van der Waals surface area contributed by atoms with Gasteiger partial charge in [0.05, 0.1) is 25.5 Å². The summed E-state index contributed by atoms with van der Waals surface area (Å²) in [7, 11) is 3.99. The molecule has 0 spiro atoms. The lowest BCUT2D eigenvalue weighted by Gasteiger charge is -2.28. The van der Waals surface area contributed by atoms with Gasteiger partial charge < -0.3 is 30.4 Å². The maximum atomic E-state index is 12.3. The number of hydroxylamine groups is 1. The highest BCUT2D eigenvalue weighted by Gasteiger charge is 2.30. The van der Waals surface area contributed by atoms with Gasteiger partial charge in [-0.05, 0) is 33.5 Å². The van der Waals surface area contributed by atoms with Gasteiger partial charge in [0.25, 0.3) is 0 Å². The third kappa shape index (κ3) is 5.14. The first kappa shape index (κ1) is 22.0. The second-order valence-corrected chi connectivity index (χ2v) is 7.92. The van der Waals surface area contributed by atoms with Crippen molar-refractivity contribution < 1.29 is 14.4 Å². The molecule has 0 radical (unpaired) electrons.